The van der Waals surface area contributed by atoms with Crippen LogP contribution in [0.5, 0.6) is 11.5 Å². The van der Waals surface area contributed by atoms with E-state index >= 15 is 0 Å². The van der Waals surface area contributed by atoms with Gasteiger partial charge in [0.05, 0.1) is 10.6 Å². The Morgan fingerprint density at radius 1 is 1.36 bits per heavy atom. The standard InChI is InChI=1S/C19H18ClFN3O6PS2/c1-11-17-16(5-4-15(18(17)20)29-7-6-22)32-19(11)33(27,28)24-10-31(25,26)30-13-3-2-12(9-23)14(21)8-13/h2-5,8,24H,6-7,10,22H2,1H3,(H,25,26). The molecule has 33 heavy (non-hydrogen) atoms. The molecule has 0 aliphatic rings. The van der Waals surface area contributed by atoms with Crippen molar-refractivity contribution in [2.45, 2.75) is 11.1 Å². The van der Waals surface area contributed by atoms with Gasteiger partial charge in [0.15, 0.2) is 0 Å². The van der Waals surface area contributed by atoms with Gasteiger partial charge in [-0.3, -0.25) is 0 Å². The summed E-state index contributed by atoms with van der Waals surface area (Å²) in [5, 5.41) is 9.45. The Balaban J connectivity index is 1.82. The van der Waals surface area contributed by atoms with Crippen LogP contribution in [0.25, 0.3) is 10.1 Å². The van der Waals surface area contributed by atoms with Crippen LogP contribution in [0.1, 0.15) is 11.1 Å². The number of aryl methyl sites for hydroxylation is 1. The number of halogens is 2. The quantitative estimate of drug-likeness (QED) is 0.352. The molecular formula is C19H18ClFN3O6PS2. The highest BCUT2D eigenvalue weighted by molar-refractivity contribution is 7.92. The molecule has 1 aromatic heterocycles. The van der Waals surface area contributed by atoms with Crippen LogP contribution >= 0.6 is 30.5 Å². The fraction of sp³-hybridized carbons (Fsp3) is 0.211. The van der Waals surface area contributed by atoms with E-state index in [1.165, 1.54) is 0 Å². The molecular weight excluding hydrogens is 516 g/mol. The number of hydrogen-bond acceptors (Lipinski definition) is 8. The van der Waals surface area contributed by atoms with E-state index in [0.29, 0.717) is 21.4 Å². The number of nitrogens with two attached hydrogens (primary N) is 1. The predicted molar refractivity (Wildman–Crippen MR) is 123 cm³/mol. The highest BCUT2D eigenvalue weighted by Gasteiger charge is 2.29. The van der Waals surface area contributed by atoms with Crippen molar-refractivity contribution in [2.75, 3.05) is 19.4 Å². The summed E-state index contributed by atoms with van der Waals surface area (Å²) in [6, 6.07) is 7.83. The Bertz CT molecular complexity index is 1410. The summed E-state index contributed by atoms with van der Waals surface area (Å²) in [7, 11) is -8.77. The number of rotatable bonds is 9. The van der Waals surface area contributed by atoms with Crippen molar-refractivity contribution in [1.29, 1.82) is 5.26 Å². The summed E-state index contributed by atoms with van der Waals surface area (Å²) in [5.74, 6) is -0.912. The number of hydrogen-bond donors (Lipinski definition) is 3. The lowest BCUT2D eigenvalue weighted by atomic mass is 10.2. The molecule has 0 saturated heterocycles. The zero-order chi connectivity index (χ0) is 24.4. The highest BCUT2D eigenvalue weighted by atomic mass is 35.5. The molecule has 4 N–H and O–H groups in total. The second kappa shape index (κ2) is 9.95. The van der Waals surface area contributed by atoms with Crippen LogP contribution in [0.2, 0.25) is 5.02 Å². The molecule has 0 bridgehead atoms. The molecule has 14 heteroatoms. The van der Waals surface area contributed by atoms with E-state index in [0.717, 1.165) is 29.5 Å². The molecule has 3 aromatic rings. The molecule has 9 nitrogen and oxygen atoms in total. The molecule has 176 valence electrons. The summed E-state index contributed by atoms with van der Waals surface area (Å²) in [5.41, 5.74) is 5.50. The largest absolute Gasteiger partial charge is 0.491 e. The fourth-order valence-electron chi connectivity index (χ4n) is 2.86. The molecule has 3 rings (SSSR count). The lowest BCUT2D eigenvalue weighted by Crippen LogP contribution is -2.25. The Hall–Kier alpha value is -2.23. The van der Waals surface area contributed by atoms with E-state index in [2.05, 4.69) is 4.72 Å². The zero-order valence-corrected chi connectivity index (χ0v) is 20.3. The summed E-state index contributed by atoms with van der Waals surface area (Å²) < 4.78 is 64.6. The van der Waals surface area contributed by atoms with E-state index in [9.17, 15) is 22.3 Å². The van der Waals surface area contributed by atoms with E-state index in [-0.39, 0.29) is 33.7 Å². The maximum Gasteiger partial charge on any atom is 0.391 e. The van der Waals surface area contributed by atoms with Crippen LogP contribution in [0.3, 0.4) is 0 Å². The number of fused-ring (bicyclic) bond motifs is 1. The topological polar surface area (TPSA) is 152 Å². The van der Waals surface area contributed by atoms with Crippen LogP contribution < -0.4 is 19.7 Å². The Morgan fingerprint density at radius 3 is 2.73 bits per heavy atom. The molecule has 0 spiro atoms. The van der Waals surface area contributed by atoms with Crippen molar-refractivity contribution in [3.8, 4) is 17.6 Å². The molecule has 0 radical (unpaired) electrons. The molecule has 0 saturated carbocycles. The molecule has 1 atom stereocenters. The smallest absolute Gasteiger partial charge is 0.391 e. The number of sulfonamides is 1. The van der Waals surface area contributed by atoms with Gasteiger partial charge in [-0.15, -0.1) is 11.3 Å². The first-order valence-corrected chi connectivity index (χ1v) is 13.7. The minimum absolute atomic E-state index is 0.0974. The van der Waals surface area contributed by atoms with Gasteiger partial charge in [-0.25, -0.2) is 17.4 Å². The van der Waals surface area contributed by atoms with Gasteiger partial charge in [0.25, 0.3) is 10.0 Å². The van der Waals surface area contributed by atoms with Gasteiger partial charge >= 0.3 is 7.60 Å². The average molecular weight is 534 g/mol. The second-order valence-electron chi connectivity index (χ2n) is 6.69. The van der Waals surface area contributed by atoms with Crippen LogP contribution in [-0.4, -0.2) is 32.7 Å². The van der Waals surface area contributed by atoms with Crippen molar-refractivity contribution in [2.24, 2.45) is 5.73 Å². The van der Waals surface area contributed by atoms with E-state index in [1.807, 2.05) is 0 Å². The minimum atomic E-state index is -4.55. The Labute approximate surface area is 198 Å². The SMILES string of the molecule is Cc1c(S(=O)(=O)NCP(=O)(O)Oc2ccc(C#N)c(F)c2)sc2ccc(OCCN)c(Cl)c12. The molecule has 2 aromatic carbocycles. The molecule has 1 unspecified atom stereocenters. The maximum absolute atomic E-state index is 13.7. The highest BCUT2D eigenvalue weighted by Crippen LogP contribution is 2.44. The van der Waals surface area contributed by atoms with Gasteiger partial charge < -0.3 is 19.9 Å². The third kappa shape index (κ3) is 5.65. The summed E-state index contributed by atoms with van der Waals surface area (Å²) in [6.07, 6.45) is -0.969. The summed E-state index contributed by atoms with van der Waals surface area (Å²) in [6.45, 7) is 2.07. The third-order valence-electron chi connectivity index (χ3n) is 4.34. The maximum atomic E-state index is 13.7. The van der Waals surface area contributed by atoms with Gasteiger partial charge in [0.1, 0.15) is 40.5 Å². The van der Waals surface area contributed by atoms with E-state index in [1.54, 1.807) is 25.1 Å². The summed E-state index contributed by atoms with van der Waals surface area (Å²) in [4.78, 5) is 10.0. The first kappa shape index (κ1) is 25.4. The number of nitrogens with zero attached hydrogens (tertiary/aromatic N) is 1. The Kier molecular flexibility index (Phi) is 7.65. The van der Waals surface area contributed by atoms with Gasteiger partial charge in [0, 0.05) is 22.7 Å². The van der Waals surface area contributed by atoms with Crippen molar-refractivity contribution >= 4 is 50.6 Å². The molecule has 1 heterocycles. The Morgan fingerprint density at radius 2 is 2.09 bits per heavy atom. The number of benzene rings is 2. The normalized spacial score (nSPS) is 13.5. The zero-order valence-electron chi connectivity index (χ0n) is 17.0. The van der Waals surface area contributed by atoms with Crippen molar-refractivity contribution in [3.63, 3.8) is 0 Å². The molecule has 0 amide bonds. The van der Waals surface area contributed by atoms with Crippen LogP contribution in [0.15, 0.2) is 34.5 Å². The first-order chi connectivity index (χ1) is 15.5. The first-order valence-electron chi connectivity index (χ1n) is 9.24. The number of nitriles is 1. The fourth-order valence-corrected chi connectivity index (χ4v) is 7.59. The molecule has 0 fully saturated rings. The van der Waals surface area contributed by atoms with Gasteiger partial charge in [-0.1, -0.05) is 11.6 Å². The van der Waals surface area contributed by atoms with Crippen LogP contribution in [0.4, 0.5) is 4.39 Å². The lowest BCUT2D eigenvalue weighted by Gasteiger charge is -2.14. The van der Waals surface area contributed by atoms with Gasteiger partial charge in [-0.05, 0) is 36.8 Å². The predicted octanol–water partition coefficient (Wildman–Crippen LogP) is 3.71. The van der Waals surface area contributed by atoms with Crippen LogP contribution in [-0.2, 0) is 14.6 Å². The number of nitrogens with one attached hydrogen (secondary N) is 1. The van der Waals surface area contributed by atoms with Gasteiger partial charge in [0.2, 0.25) is 0 Å². The second-order valence-corrected chi connectivity index (χ2v) is 11.9. The molecule has 0 aliphatic heterocycles. The minimum Gasteiger partial charge on any atom is -0.491 e. The third-order valence-corrected chi connectivity index (χ3v) is 9.26. The van der Waals surface area contributed by atoms with Crippen LogP contribution in [0, 0.1) is 24.1 Å². The average Bonchev–Trinajstić information content (AvgIpc) is 3.10. The molecule has 0 aliphatic carbocycles. The monoisotopic (exact) mass is 533 g/mol. The number of ether oxygens (including phenoxy) is 1. The van der Waals surface area contributed by atoms with E-state index < -0.39 is 29.7 Å². The number of thiophene rings is 1. The van der Waals surface area contributed by atoms with Crippen molar-refractivity contribution < 1.29 is 31.5 Å². The lowest BCUT2D eigenvalue weighted by molar-refractivity contribution is 0.329. The van der Waals surface area contributed by atoms with Crippen molar-refractivity contribution in [1.82, 2.24) is 4.72 Å². The van der Waals surface area contributed by atoms with E-state index in [4.69, 9.17) is 31.9 Å². The van der Waals surface area contributed by atoms with Gasteiger partial charge in [-0.2, -0.15) is 9.98 Å². The summed E-state index contributed by atoms with van der Waals surface area (Å²) >= 11 is 7.32. The van der Waals surface area contributed by atoms with Crippen molar-refractivity contribution in [3.05, 3.63) is 52.3 Å².